The number of hydrogen-bond donors (Lipinski definition) is 4. The Bertz CT molecular complexity index is 709. The first-order chi connectivity index (χ1) is 21.4. The topological polar surface area (TPSA) is 131 Å². The second-order valence-electron chi connectivity index (χ2n) is 12.4. The van der Waals surface area contributed by atoms with E-state index in [4.69, 9.17) is 14.8 Å². The number of amides is 1. The molecule has 9 heteroatoms. The highest BCUT2D eigenvalue weighted by atomic mass is 31.2. The van der Waals surface area contributed by atoms with Gasteiger partial charge in [0, 0.05) is 13.0 Å². The number of aliphatic hydroxyl groups is 1. The summed E-state index contributed by atoms with van der Waals surface area (Å²) < 4.78 is 21.9. The van der Waals surface area contributed by atoms with Crippen LogP contribution in [-0.4, -0.2) is 47.8 Å². The van der Waals surface area contributed by atoms with Gasteiger partial charge in [-0.2, -0.15) is 0 Å². The highest BCUT2D eigenvalue weighted by Crippen LogP contribution is 2.43. The zero-order valence-corrected chi connectivity index (χ0v) is 29.6. The number of phosphoric acid groups is 1. The predicted molar refractivity (Wildman–Crippen MR) is 185 cm³/mol. The Morgan fingerprint density at radius 2 is 1.16 bits per heavy atom. The Kier molecular flexibility index (Phi) is 31.6. The van der Waals surface area contributed by atoms with Gasteiger partial charge in [-0.3, -0.25) is 13.8 Å². The number of unbranched alkanes of at least 4 members (excludes halogenated alkanes) is 22. The summed E-state index contributed by atoms with van der Waals surface area (Å²) in [7, 11) is -4.32. The molecule has 0 aliphatic carbocycles. The lowest BCUT2D eigenvalue weighted by Crippen LogP contribution is -2.45. The molecule has 0 radical (unpaired) electrons. The van der Waals surface area contributed by atoms with E-state index in [9.17, 15) is 19.4 Å². The zero-order chi connectivity index (χ0) is 32.6. The van der Waals surface area contributed by atoms with Crippen molar-refractivity contribution in [1.29, 1.82) is 0 Å². The molecule has 0 bridgehead atoms. The highest BCUT2D eigenvalue weighted by molar-refractivity contribution is 7.47. The molecule has 44 heavy (non-hydrogen) atoms. The molecule has 5 N–H and O–H groups in total. The fourth-order valence-corrected chi connectivity index (χ4v) is 6.07. The van der Waals surface area contributed by atoms with E-state index in [0.29, 0.717) is 6.42 Å². The molecule has 0 aromatic rings. The van der Waals surface area contributed by atoms with Gasteiger partial charge in [-0.15, -0.1) is 0 Å². The van der Waals surface area contributed by atoms with Crippen LogP contribution in [0, 0.1) is 0 Å². The second kappa shape index (κ2) is 32.2. The van der Waals surface area contributed by atoms with Crippen molar-refractivity contribution in [2.24, 2.45) is 5.73 Å². The maximum Gasteiger partial charge on any atom is 0.472 e. The van der Waals surface area contributed by atoms with Crippen LogP contribution in [-0.2, 0) is 18.4 Å². The van der Waals surface area contributed by atoms with Gasteiger partial charge in [0.15, 0.2) is 0 Å². The molecule has 1 amide bonds. The Balaban J connectivity index is 4.17. The summed E-state index contributed by atoms with van der Waals surface area (Å²) in [6.45, 7) is 4.09. The van der Waals surface area contributed by atoms with Gasteiger partial charge in [-0.1, -0.05) is 161 Å². The summed E-state index contributed by atoms with van der Waals surface area (Å²) in [5, 5.41) is 13.5. The zero-order valence-electron chi connectivity index (χ0n) is 28.7. The number of rotatable bonds is 34. The fourth-order valence-electron chi connectivity index (χ4n) is 5.31. The molecule has 0 aliphatic rings. The van der Waals surface area contributed by atoms with Crippen molar-refractivity contribution in [3.8, 4) is 0 Å². The maximum atomic E-state index is 12.6. The molecule has 3 atom stereocenters. The maximum absolute atomic E-state index is 12.6. The van der Waals surface area contributed by atoms with Crippen LogP contribution in [0.15, 0.2) is 12.2 Å². The summed E-state index contributed by atoms with van der Waals surface area (Å²) in [4.78, 5) is 22.5. The van der Waals surface area contributed by atoms with Gasteiger partial charge < -0.3 is 21.1 Å². The van der Waals surface area contributed by atoms with E-state index < -0.39 is 20.0 Å². The van der Waals surface area contributed by atoms with Crippen LogP contribution in [0.2, 0.25) is 0 Å². The van der Waals surface area contributed by atoms with Crippen molar-refractivity contribution >= 4 is 13.7 Å². The lowest BCUT2D eigenvalue weighted by molar-refractivity contribution is -0.123. The minimum absolute atomic E-state index is 0.0806. The van der Waals surface area contributed by atoms with Gasteiger partial charge in [0.1, 0.15) is 0 Å². The van der Waals surface area contributed by atoms with Gasteiger partial charge in [0.2, 0.25) is 5.91 Å². The molecule has 0 saturated heterocycles. The van der Waals surface area contributed by atoms with Gasteiger partial charge in [0.05, 0.1) is 25.4 Å². The lowest BCUT2D eigenvalue weighted by atomic mass is 10.0. The summed E-state index contributed by atoms with van der Waals surface area (Å²) >= 11 is 0. The van der Waals surface area contributed by atoms with Crippen molar-refractivity contribution < 1.29 is 28.4 Å². The molecule has 0 spiro atoms. The van der Waals surface area contributed by atoms with E-state index in [1.165, 1.54) is 116 Å². The second-order valence-corrected chi connectivity index (χ2v) is 13.9. The van der Waals surface area contributed by atoms with Crippen LogP contribution < -0.4 is 11.1 Å². The van der Waals surface area contributed by atoms with Crippen LogP contribution in [0.1, 0.15) is 174 Å². The van der Waals surface area contributed by atoms with E-state index in [1.54, 1.807) is 6.08 Å². The van der Waals surface area contributed by atoms with E-state index in [1.807, 2.05) is 6.08 Å². The molecule has 0 aromatic heterocycles. The number of allylic oxidation sites excluding steroid dienone is 1. The monoisotopic (exact) mass is 647 g/mol. The molecular weight excluding hydrogens is 575 g/mol. The van der Waals surface area contributed by atoms with Crippen molar-refractivity contribution in [1.82, 2.24) is 5.32 Å². The van der Waals surface area contributed by atoms with Crippen LogP contribution in [0.3, 0.4) is 0 Å². The molecule has 3 unspecified atom stereocenters. The van der Waals surface area contributed by atoms with E-state index >= 15 is 0 Å². The Morgan fingerprint density at radius 1 is 0.727 bits per heavy atom. The average Bonchev–Trinajstić information content (AvgIpc) is 3.01. The fraction of sp³-hybridized carbons (Fsp3) is 0.914. The van der Waals surface area contributed by atoms with Crippen molar-refractivity contribution in [2.45, 2.75) is 187 Å². The molecule has 0 aromatic carbocycles. The minimum atomic E-state index is -4.32. The quantitative estimate of drug-likeness (QED) is 0.0311. The molecule has 0 fully saturated rings. The summed E-state index contributed by atoms with van der Waals surface area (Å²) in [5.74, 6) is -0.196. The van der Waals surface area contributed by atoms with Crippen LogP contribution in [0.5, 0.6) is 0 Å². The summed E-state index contributed by atoms with van der Waals surface area (Å²) in [6, 6.07) is -0.851. The average molecular weight is 647 g/mol. The van der Waals surface area contributed by atoms with Gasteiger partial charge in [-0.25, -0.2) is 4.57 Å². The van der Waals surface area contributed by atoms with Gasteiger partial charge in [-0.05, 0) is 19.3 Å². The summed E-state index contributed by atoms with van der Waals surface area (Å²) in [5.41, 5.74) is 5.34. The Labute approximate surface area is 271 Å². The number of nitrogens with one attached hydrogen (secondary N) is 1. The van der Waals surface area contributed by atoms with Crippen molar-refractivity contribution in [3.05, 3.63) is 12.2 Å². The first kappa shape index (κ1) is 43.2. The molecule has 0 saturated carbocycles. The Morgan fingerprint density at radius 3 is 1.61 bits per heavy atom. The van der Waals surface area contributed by atoms with Gasteiger partial charge in [0.25, 0.3) is 0 Å². The number of carbonyl (C=O) groups is 1. The smallest absolute Gasteiger partial charge is 0.387 e. The van der Waals surface area contributed by atoms with E-state index in [-0.39, 0.29) is 25.7 Å². The molecule has 8 nitrogen and oxygen atoms in total. The Hall–Kier alpha value is -0.760. The van der Waals surface area contributed by atoms with Crippen LogP contribution in [0.4, 0.5) is 0 Å². The molecule has 0 rings (SSSR count). The number of hydrogen-bond acceptors (Lipinski definition) is 6. The highest BCUT2D eigenvalue weighted by Gasteiger charge is 2.26. The normalized spacial score (nSPS) is 14.6. The van der Waals surface area contributed by atoms with E-state index in [0.717, 1.165) is 38.5 Å². The van der Waals surface area contributed by atoms with E-state index in [2.05, 4.69) is 19.2 Å². The third-order valence-electron chi connectivity index (χ3n) is 8.11. The lowest BCUT2D eigenvalue weighted by Gasteiger charge is -2.23. The minimum Gasteiger partial charge on any atom is -0.387 e. The first-order valence-electron chi connectivity index (χ1n) is 18.3. The van der Waals surface area contributed by atoms with Crippen LogP contribution in [0.25, 0.3) is 0 Å². The van der Waals surface area contributed by atoms with Gasteiger partial charge >= 0.3 is 7.82 Å². The number of phosphoric ester groups is 1. The van der Waals surface area contributed by atoms with Crippen molar-refractivity contribution in [3.63, 3.8) is 0 Å². The number of aliphatic hydroxyl groups excluding tert-OH is 1. The first-order valence-corrected chi connectivity index (χ1v) is 19.8. The third-order valence-corrected chi connectivity index (χ3v) is 9.10. The van der Waals surface area contributed by atoms with Crippen molar-refractivity contribution in [2.75, 3.05) is 19.8 Å². The molecule has 0 heterocycles. The molecule has 262 valence electrons. The standard InChI is InChI=1S/C35H71N2O6P/c1-3-5-7-9-11-13-14-15-16-17-18-19-20-21-23-25-27-29-35(39)37-33(32-43-44(40,41)42-31-30-36)34(38)28-26-24-22-12-10-8-6-4-2/h26,28,33-34,38H,3-25,27,29-32,36H2,1-2H3,(H,37,39)(H,40,41)/b28-26+. The number of nitrogens with two attached hydrogens (primary N) is 1. The van der Waals surface area contributed by atoms with Crippen LogP contribution >= 0.6 is 7.82 Å². The third kappa shape index (κ3) is 29.9. The predicted octanol–water partition coefficient (Wildman–Crippen LogP) is 9.27. The SMILES string of the molecule is CCCCCCCC/C=C/C(O)C(COP(=O)(O)OCCN)NC(=O)CCCCCCCCCCCCCCCCCCC. The molecule has 0 aliphatic heterocycles. The molecular formula is C35H71N2O6P. The largest absolute Gasteiger partial charge is 0.472 e. The number of carbonyl (C=O) groups excluding carboxylic acids is 1. The summed E-state index contributed by atoms with van der Waals surface area (Å²) in [6.07, 6.45) is 32.7.